The number of hydrogen-bond donors (Lipinski definition) is 4. The molecule has 0 saturated heterocycles. The molecular formula is C25H32N4O4. The van der Waals surface area contributed by atoms with Crippen LogP contribution in [0.3, 0.4) is 0 Å². The van der Waals surface area contributed by atoms with Gasteiger partial charge in [-0.3, -0.25) is 9.59 Å². The van der Waals surface area contributed by atoms with Crippen molar-refractivity contribution in [3.63, 3.8) is 0 Å². The Morgan fingerprint density at radius 3 is 1.21 bits per heavy atom. The standard InChI is InChI=1S/C25H32N4O4/c1-23(2,21(30)26-24(3,4)19(28-32)17-13-9-7-10-14-17)22(31)27-25(5,6)20(29-33)18-15-11-8-12-16-18/h7-16,32-33H,1-6H3,(H,26,30)(H,27,31)/b28-19+,29-20+. The summed E-state index contributed by atoms with van der Waals surface area (Å²) in [6.07, 6.45) is 0. The molecule has 4 N–H and O–H groups in total. The third kappa shape index (κ3) is 5.77. The molecule has 8 heteroatoms. The molecule has 33 heavy (non-hydrogen) atoms. The predicted octanol–water partition coefficient (Wildman–Crippen LogP) is 3.56. The second kappa shape index (κ2) is 9.85. The molecule has 0 radical (unpaired) electrons. The zero-order chi connectivity index (χ0) is 24.9. The van der Waals surface area contributed by atoms with Gasteiger partial charge in [0.1, 0.15) is 16.8 Å². The summed E-state index contributed by atoms with van der Waals surface area (Å²) in [4.78, 5) is 26.4. The van der Waals surface area contributed by atoms with Gasteiger partial charge >= 0.3 is 0 Å². The lowest BCUT2D eigenvalue weighted by Crippen LogP contribution is -2.60. The summed E-state index contributed by atoms with van der Waals surface area (Å²) in [5, 5.41) is 31.6. The highest BCUT2D eigenvalue weighted by molar-refractivity contribution is 6.13. The van der Waals surface area contributed by atoms with Gasteiger partial charge < -0.3 is 21.0 Å². The third-order valence-electron chi connectivity index (χ3n) is 5.47. The third-order valence-corrected chi connectivity index (χ3v) is 5.47. The molecule has 176 valence electrons. The number of amides is 2. The van der Waals surface area contributed by atoms with E-state index in [0.29, 0.717) is 11.1 Å². The molecular weight excluding hydrogens is 420 g/mol. The molecule has 0 heterocycles. The number of nitrogens with one attached hydrogen (secondary N) is 2. The summed E-state index contributed by atoms with van der Waals surface area (Å²) in [6, 6.07) is 17.9. The van der Waals surface area contributed by atoms with Crippen molar-refractivity contribution in [3.05, 3.63) is 71.8 Å². The molecule has 2 rings (SSSR count). The zero-order valence-electron chi connectivity index (χ0n) is 19.9. The highest BCUT2D eigenvalue weighted by Gasteiger charge is 2.43. The maximum Gasteiger partial charge on any atom is 0.235 e. The number of carbonyl (C=O) groups is 2. The lowest BCUT2D eigenvalue weighted by molar-refractivity contribution is -0.142. The van der Waals surface area contributed by atoms with Gasteiger partial charge in [0, 0.05) is 11.1 Å². The number of rotatable bonds is 8. The van der Waals surface area contributed by atoms with Gasteiger partial charge in [-0.2, -0.15) is 0 Å². The normalized spacial score (nSPS) is 13.4. The van der Waals surface area contributed by atoms with Crippen LogP contribution in [0.1, 0.15) is 52.7 Å². The Labute approximate surface area is 194 Å². The minimum absolute atomic E-state index is 0.256. The van der Waals surface area contributed by atoms with Crippen molar-refractivity contribution in [2.75, 3.05) is 0 Å². The monoisotopic (exact) mass is 452 g/mol. The summed E-state index contributed by atoms with van der Waals surface area (Å²) >= 11 is 0. The van der Waals surface area contributed by atoms with Crippen LogP contribution in [-0.4, -0.2) is 44.7 Å². The maximum atomic E-state index is 13.2. The van der Waals surface area contributed by atoms with Crippen molar-refractivity contribution in [3.8, 4) is 0 Å². The average molecular weight is 453 g/mol. The molecule has 0 atom stereocenters. The molecule has 0 aliphatic carbocycles. The summed E-state index contributed by atoms with van der Waals surface area (Å²) in [5.41, 5.74) is -1.83. The van der Waals surface area contributed by atoms with E-state index in [-0.39, 0.29) is 11.4 Å². The molecule has 0 saturated carbocycles. The molecule has 2 aromatic carbocycles. The van der Waals surface area contributed by atoms with Crippen LogP contribution in [0.4, 0.5) is 0 Å². The van der Waals surface area contributed by atoms with Crippen molar-refractivity contribution in [2.24, 2.45) is 15.7 Å². The Bertz CT molecular complexity index is 959. The molecule has 2 aromatic rings. The highest BCUT2D eigenvalue weighted by atomic mass is 16.4. The van der Waals surface area contributed by atoms with E-state index in [0.717, 1.165) is 0 Å². The second-order valence-corrected chi connectivity index (χ2v) is 9.41. The van der Waals surface area contributed by atoms with Crippen molar-refractivity contribution < 1.29 is 20.0 Å². The lowest BCUT2D eigenvalue weighted by Gasteiger charge is -2.34. The van der Waals surface area contributed by atoms with Crippen molar-refractivity contribution in [2.45, 2.75) is 52.6 Å². The molecule has 0 aliphatic heterocycles. The van der Waals surface area contributed by atoms with Crippen LogP contribution in [0.15, 0.2) is 71.0 Å². The van der Waals surface area contributed by atoms with Crippen LogP contribution in [0, 0.1) is 5.41 Å². The number of hydrogen-bond acceptors (Lipinski definition) is 6. The average Bonchev–Trinajstić information content (AvgIpc) is 2.75. The predicted molar refractivity (Wildman–Crippen MR) is 128 cm³/mol. The van der Waals surface area contributed by atoms with E-state index in [4.69, 9.17) is 0 Å². The topological polar surface area (TPSA) is 123 Å². The summed E-state index contributed by atoms with van der Waals surface area (Å²) in [6.45, 7) is 9.77. The number of carbonyl (C=O) groups excluding carboxylic acids is 2. The van der Waals surface area contributed by atoms with Crippen LogP contribution >= 0.6 is 0 Å². The fourth-order valence-corrected chi connectivity index (χ4v) is 3.38. The smallest absolute Gasteiger partial charge is 0.235 e. The highest BCUT2D eigenvalue weighted by Crippen LogP contribution is 2.23. The van der Waals surface area contributed by atoms with Crippen LogP contribution in [0.2, 0.25) is 0 Å². The van der Waals surface area contributed by atoms with E-state index >= 15 is 0 Å². The second-order valence-electron chi connectivity index (χ2n) is 9.41. The molecule has 8 nitrogen and oxygen atoms in total. The van der Waals surface area contributed by atoms with E-state index in [1.54, 1.807) is 76.2 Å². The van der Waals surface area contributed by atoms with E-state index in [2.05, 4.69) is 20.9 Å². The Morgan fingerprint density at radius 1 is 0.636 bits per heavy atom. The molecule has 0 aromatic heterocycles. The first-order valence-corrected chi connectivity index (χ1v) is 10.6. The van der Waals surface area contributed by atoms with E-state index in [1.807, 2.05) is 12.1 Å². The Morgan fingerprint density at radius 2 is 0.939 bits per heavy atom. The van der Waals surface area contributed by atoms with Gasteiger partial charge in [0.15, 0.2) is 0 Å². The van der Waals surface area contributed by atoms with Gasteiger partial charge in [-0.15, -0.1) is 0 Å². The molecule has 2 amide bonds. The zero-order valence-corrected chi connectivity index (χ0v) is 19.9. The maximum absolute atomic E-state index is 13.2. The fraction of sp³-hybridized carbons (Fsp3) is 0.360. The minimum Gasteiger partial charge on any atom is -0.411 e. The van der Waals surface area contributed by atoms with Gasteiger partial charge in [-0.05, 0) is 41.5 Å². The summed E-state index contributed by atoms with van der Waals surface area (Å²) in [5.74, 6) is -1.11. The SMILES string of the molecule is CC(C)(C(=O)NC(C)(C)/C(=N/O)c1ccccc1)C(=O)NC(C)(C)/C(=N/O)c1ccccc1. The molecule has 0 spiro atoms. The molecule has 0 aliphatic rings. The first-order chi connectivity index (χ1) is 15.4. The van der Waals surface area contributed by atoms with Gasteiger partial charge in [0.05, 0.1) is 11.1 Å². The van der Waals surface area contributed by atoms with Gasteiger partial charge in [0.2, 0.25) is 11.8 Å². The first kappa shape index (κ1) is 25.6. The van der Waals surface area contributed by atoms with Crippen LogP contribution < -0.4 is 10.6 Å². The van der Waals surface area contributed by atoms with Crippen LogP contribution in [0.5, 0.6) is 0 Å². The Kier molecular flexibility index (Phi) is 7.64. The molecule has 0 bridgehead atoms. The van der Waals surface area contributed by atoms with E-state index in [1.165, 1.54) is 13.8 Å². The van der Waals surface area contributed by atoms with E-state index < -0.39 is 28.3 Å². The first-order valence-electron chi connectivity index (χ1n) is 10.6. The van der Waals surface area contributed by atoms with Crippen molar-refractivity contribution in [1.82, 2.24) is 10.6 Å². The van der Waals surface area contributed by atoms with E-state index in [9.17, 15) is 20.0 Å². The van der Waals surface area contributed by atoms with Crippen molar-refractivity contribution in [1.29, 1.82) is 0 Å². The quantitative estimate of drug-likeness (QED) is 0.212. The van der Waals surface area contributed by atoms with Crippen LogP contribution in [-0.2, 0) is 9.59 Å². The minimum atomic E-state index is -1.48. The number of oxime groups is 2. The summed E-state index contributed by atoms with van der Waals surface area (Å²) in [7, 11) is 0. The summed E-state index contributed by atoms with van der Waals surface area (Å²) < 4.78 is 0. The van der Waals surface area contributed by atoms with Gasteiger partial charge in [-0.25, -0.2) is 0 Å². The Balaban J connectivity index is 2.22. The van der Waals surface area contributed by atoms with Crippen molar-refractivity contribution >= 4 is 23.2 Å². The number of nitrogens with zero attached hydrogens (tertiary/aromatic N) is 2. The lowest BCUT2D eigenvalue weighted by atomic mass is 9.85. The largest absolute Gasteiger partial charge is 0.411 e. The van der Waals surface area contributed by atoms with Crippen LogP contribution in [0.25, 0.3) is 0 Å². The van der Waals surface area contributed by atoms with Gasteiger partial charge in [-0.1, -0.05) is 71.0 Å². The molecule has 0 unspecified atom stereocenters. The van der Waals surface area contributed by atoms with Gasteiger partial charge in [0.25, 0.3) is 0 Å². The Hall–Kier alpha value is -3.68. The molecule has 0 fully saturated rings. The fourth-order valence-electron chi connectivity index (χ4n) is 3.38. The number of benzene rings is 2.